The lowest BCUT2D eigenvalue weighted by Crippen LogP contribution is -2.38. The van der Waals surface area contributed by atoms with E-state index in [1.807, 2.05) is 13.1 Å². The third-order valence-electron chi connectivity index (χ3n) is 3.72. The number of hydrogen-bond acceptors (Lipinski definition) is 5. The molecule has 1 saturated heterocycles. The Morgan fingerprint density at radius 3 is 2.55 bits per heavy atom. The lowest BCUT2D eigenvalue weighted by Gasteiger charge is -2.29. The zero-order valence-corrected chi connectivity index (χ0v) is 12.9. The van der Waals surface area contributed by atoms with Crippen LogP contribution in [0.3, 0.4) is 0 Å². The first-order valence-electron chi connectivity index (χ1n) is 7.76. The second-order valence-corrected chi connectivity index (χ2v) is 5.56. The Kier molecular flexibility index (Phi) is 5.59. The first-order valence-corrected chi connectivity index (χ1v) is 7.76. The maximum atomic E-state index is 4.55. The van der Waals surface area contributed by atoms with E-state index >= 15 is 0 Å². The highest BCUT2D eigenvalue weighted by Crippen LogP contribution is 2.14. The van der Waals surface area contributed by atoms with Gasteiger partial charge in [-0.3, -0.25) is 0 Å². The fourth-order valence-corrected chi connectivity index (χ4v) is 2.68. The van der Waals surface area contributed by atoms with Crippen LogP contribution < -0.4 is 10.6 Å². The van der Waals surface area contributed by atoms with Gasteiger partial charge in [0, 0.05) is 32.1 Å². The summed E-state index contributed by atoms with van der Waals surface area (Å²) >= 11 is 0. The number of nitrogens with zero attached hydrogens (tertiary/aromatic N) is 3. The molecule has 0 saturated carbocycles. The van der Waals surface area contributed by atoms with Crippen LogP contribution in [-0.2, 0) is 6.42 Å². The fraction of sp³-hybridized carbons (Fsp3) is 0.733. The van der Waals surface area contributed by atoms with Gasteiger partial charge in [0.25, 0.3) is 0 Å². The first-order chi connectivity index (χ1) is 9.71. The van der Waals surface area contributed by atoms with Crippen molar-refractivity contribution >= 4 is 11.6 Å². The summed E-state index contributed by atoms with van der Waals surface area (Å²) in [6.07, 6.45) is 4.91. The molecule has 5 nitrogen and oxygen atoms in total. The van der Waals surface area contributed by atoms with E-state index in [-0.39, 0.29) is 0 Å². The number of anilines is 2. The number of nitrogens with one attached hydrogen (secondary N) is 2. The van der Waals surface area contributed by atoms with Crippen molar-refractivity contribution < 1.29 is 0 Å². The number of aromatic nitrogens is 2. The molecule has 2 heterocycles. The van der Waals surface area contributed by atoms with E-state index in [1.165, 1.54) is 32.4 Å². The monoisotopic (exact) mass is 277 g/mol. The van der Waals surface area contributed by atoms with Crippen molar-refractivity contribution in [1.29, 1.82) is 0 Å². The van der Waals surface area contributed by atoms with Gasteiger partial charge in [0.05, 0.1) is 0 Å². The van der Waals surface area contributed by atoms with Gasteiger partial charge in [0.2, 0.25) is 0 Å². The second-order valence-electron chi connectivity index (χ2n) is 5.56. The Balaban J connectivity index is 1.93. The molecule has 0 aromatic carbocycles. The second kappa shape index (κ2) is 7.43. The molecule has 1 atom stereocenters. The molecule has 1 fully saturated rings. The lowest BCUT2D eigenvalue weighted by molar-refractivity contribution is 0.223. The summed E-state index contributed by atoms with van der Waals surface area (Å²) in [5, 5.41) is 6.60. The van der Waals surface area contributed by atoms with Gasteiger partial charge in [-0.25, -0.2) is 9.97 Å². The maximum Gasteiger partial charge on any atom is 0.132 e. The summed E-state index contributed by atoms with van der Waals surface area (Å²) in [5.41, 5.74) is 0. The summed E-state index contributed by atoms with van der Waals surface area (Å²) in [7, 11) is 1.89. The van der Waals surface area contributed by atoms with Gasteiger partial charge >= 0.3 is 0 Å². The molecule has 1 aromatic rings. The largest absolute Gasteiger partial charge is 0.373 e. The molecule has 0 spiro atoms. The predicted octanol–water partition coefficient (Wildman–Crippen LogP) is 2.37. The standard InChI is InChI=1S/C15H27N5/c1-4-13-18-14(16-3)10-15(19-13)17-12(2)11-20-8-6-5-7-9-20/h10,12H,4-9,11H2,1-3H3,(H2,16,17,18,19). The van der Waals surface area contributed by atoms with E-state index in [0.29, 0.717) is 6.04 Å². The molecule has 112 valence electrons. The topological polar surface area (TPSA) is 53.1 Å². The normalized spacial score (nSPS) is 17.8. The van der Waals surface area contributed by atoms with Crippen LogP contribution >= 0.6 is 0 Å². The van der Waals surface area contributed by atoms with Gasteiger partial charge in [-0.05, 0) is 32.9 Å². The zero-order valence-electron chi connectivity index (χ0n) is 12.9. The summed E-state index contributed by atoms with van der Waals surface area (Å²) < 4.78 is 0. The Morgan fingerprint density at radius 1 is 1.20 bits per heavy atom. The number of rotatable bonds is 6. The Bertz CT molecular complexity index is 392. The lowest BCUT2D eigenvalue weighted by atomic mass is 10.1. The fourth-order valence-electron chi connectivity index (χ4n) is 2.68. The van der Waals surface area contributed by atoms with Crippen molar-refractivity contribution in [3.63, 3.8) is 0 Å². The van der Waals surface area contributed by atoms with Gasteiger partial charge in [0.1, 0.15) is 17.5 Å². The van der Waals surface area contributed by atoms with Gasteiger partial charge in [0.15, 0.2) is 0 Å². The number of piperidine rings is 1. The molecule has 5 heteroatoms. The SMILES string of the molecule is CCc1nc(NC)cc(NC(C)CN2CCCCC2)n1. The van der Waals surface area contributed by atoms with Gasteiger partial charge in [-0.2, -0.15) is 0 Å². The van der Waals surface area contributed by atoms with Crippen molar-refractivity contribution in [2.45, 2.75) is 45.6 Å². The van der Waals surface area contributed by atoms with Crippen molar-refractivity contribution in [3.05, 3.63) is 11.9 Å². The third-order valence-corrected chi connectivity index (χ3v) is 3.72. The van der Waals surface area contributed by atoms with Crippen molar-refractivity contribution in [2.75, 3.05) is 37.3 Å². The molecule has 1 aliphatic rings. The quantitative estimate of drug-likeness (QED) is 0.836. The van der Waals surface area contributed by atoms with Crippen molar-refractivity contribution in [1.82, 2.24) is 14.9 Å². The summed E-state index contributed by atoms with van der Waals surface area (Å²) in [6.45, 7) is 7.85. The van der Waals surface area contributed by atoms with Gasteiger partial charge < -0.3 is 15.5 Å². The molecule has 0 aliphatic carbocycles. The summed E-state index contributed by atoms with van der Waals surface area (Å²) in [5.74, 6) is 2.68. The van der Waals surface area contributed by atoms with Crippen LogP contribution in [0.15, 0.2) is 6.07 Å². The zero-order chi connectivity index (χ0) is 14.4. The highest BCUT2D eigenvalue weighted by molar-refractivity contribution is 5.47. The highest BCUT2D eigenvalue weighted by atomic mass is 15.2. The molecule has 2 rings (SSSR count). The van der Waals surface area contributed by atoms with Crippen LogP contribution in [0.2, 0.25) is 0 Å². The smallest absolute Gasteiger partial charge is 0.132 e. The number of aryl methyl sites for hydroxylation is 1. The average molecular weight is 277 g/mol. The molecule has 0 radical (unpaired) electrons. The van der Waals surface area contributed by atoms with E-state index in [2.05, 4.69) is 39.3 Å². The molecule has 20 heavy (non-hydrogen) atoms. The highest BCUT2D eigenvalue weighted by Gasteiger charge is 2.14. The van der Waals surface area contributed by atoms with Crippen LogP contribution in [0.1, 0.15) is 38.9 Å². The van der Waals surface area contributed by atoms with Crippen LogP contribution in [0.5, 0.6) is 0 Å². The third kappa shape index (κ3) is 4.34. The molecule has 1 aliphatic heterocycles. The van der Waals surface area contributed by atoms with E-state index in [0.717, 1.165) is 30.4 Å². The van der Waals surface area contributed by atoms with Crippen LogP contribution in [0, 0.1) is 0 Å². The molecule has 0 bridgehead atoms. The molecule has 1 aromatic heterocycles. The van der Waals surface area contributed by atoms with E-state index in [9.17, 15) is 0 Å². The Labute approximate surface area is 122 Å². The molecule has 1 unspecified atom stereocenters. The number of likely N-dealkylation sites (tertiary alicyclic amines) is 1. The minimum Gasteiger partial charge on any atom is -0.373 e. The van der Waals surface area contributed by atoms with Crippen LogP contribution in [0.4, 0.5) is 11.6 Å². The van der Waals surface area contributed by atoms with Crippen molar-refractivity contribution in [2.24, 2.45) is 0 Å². The minimum absolute atomic E-state index is 0.400. The summed E-state index contributed by atoms with van der Waals surface area (Å²) in [6, 6.07) is 2.38. The van der Waals surface area contributed by atoms with E-state index < -0.39 is 0 Å². The molecule has 0 amide bonds. The average Bonchev–Trinajstić information content (AvgIpc) is 2.47. The first kappa shape index (κ1) is 15.0. The Morgan fingerprint density at radius 2 is 1.90 bits per heavy atom. The van der Waals surface area contributed by atoms with E-state index in [4.69, 9.17) is 0 Å². The van der Waals surface area contributed by atoms with E-state index in [1.54, 1.807) is 0 Å². The van der Waals surface area contributed by atoms with Crippen LogP contribution in [0.25, 0.3) is 0 Å². The molecule has 2 N–H and O–H groups in total. The minimum atomic E-state index is 0.400. The molecular formula is C15H27N5. The predicted molar refractivity (Wildman–Crippen MR) is 84.3 cm³/mol. The molecular weight excluding hydrogens is 250 g/mol. The van der Waals surface area contributed by atoms with Crippen LogP contribution in [-0.4, -0.2) is 47.6 Å². The van der Waals surface area contributed by atoms with Gasteiger partial charge in [-0.1, -0.05) is 13.3 Å². The summed E-state index contributed by atoms with van der Waals surface area (Å²) in [4.78, 5) is 11.5. The van der Waals surface area contributed by atoms with Crippen molar-refractivity contribution in [3.8, 4) is 0 Å². The van der Waals surface area contributed by atoms with Gasteiger partial charge in [-0.15, -0.1) is 0 Å². The Hall–Kier alpha value is -1.36. The number of hydrogen-bond donors (Lipinski definition) is 2. The maximum absolute atomic E-state index is 4.55.